The van der Waals surface area contributed by atoms with E-state index >= 15 is 0 Å². The van der Waals surface area contributed by atoms with Crippen molar-refractivity contribution in [3.05, 3.63) is 82.7 Å². The zero-order valence-corrected chi connectivity index (χ0v) is 16.1. The van der Waals surface area contributed by atoms with Gasteiger partial charge in [-0.3, -0.25) is 20.4 Å². The number of aromatic nitrogens is 2. The molecule has 1 aliphatic rings. The van der Waals surface area contributed by atoms with E-state index in [9.17, 15) is 18.4 Å². The van der Waals surface area contributed by atoms with Crippen LogP contribution in [0.1, 0.15) is 40.2 Å². The first-order valence-electron chi connectivity index (χ1n) is 9.71. The number of halogens is 2. The highest BCUT2D eigenvalue weighted by molar-refractivity contribution is 5.95. The molecule has 1 heterocycles. The average molecular weight is 410 g/mol. The first-order chi connectivity index (χ1) is 14.5. The van der Waals surface area contributed by atoms with Crippen LogP contribution in [-0.4, -0.2) is 21.6 Å². The van der Waals surface area contributed by atoms with Crippen molar-refractivity contribution >= 4 is 11.8 Å². The molecule has 6 nitrogen and oxygen atoms in total. The van der Waals surface area contributed by atoms with Crippen LogP contribution < -0.4 is 10.9 Å². The minimum Gasteiger partial charge on any atom is -0.273 e. The Hall–Kier alpha value is -3.55. The molecule has 0 radical (unpaired) electrons. The fraction of sp³-hybridized carbons (Fsp3) is 0.227. The fourth-order valence-electron chi connectivity index (χ4n) is 3.59. The van der Waals surface area contributed by atoms with Crippen LogP contribution >= 0.6 is 0 Å². The Morgan fingerprint density at radius 3 is 2.23 bits per heavy atom. The SMILES string of the molecule is O=C(Cc1ccc(F)cc1)NNC(=O)c1nn(-c2ccc(F)cc2)c2c1CCCC2. The maximum atomic E-state index is 13.3. The number of benzene rings is 2. The largest absolute Gasteiger partial charge is 0.290 e. The monoisotopic (exact) mass is 410 g/mol. The minimum atomic E-state index is -0.513. The molecular formula is C22H20F2N4O2. The average Bonchev–Trinajstić information content (AvgIpc) is 3.14. The summed E-state index contributed by atoms with van der Waals surface area (Å²) in [6.07, 6.45) is 3.41. The van der Waals surface area contributed by atoms with Crippen LogP contribution in [0.2, 0.25) is 0 Å². The topological polar surface area (TPSA) is 76.0 Å². The lowest BCUT2D eigenvalue weighted by Gasteiger charge is -2.14. The predicted octanol–water partition coefficient (Wildman–Crippen LogP) is 3.03. The standard InChI is InChI=1S/C22H20F2N4O2/c23-15-7-5-14(6-8-15)13-20(29)25-26-22(30)21-18-3-1-2-4-19(18)28(27-21)17-11-9-16(24)10-12-17/h5-12H,1-4,13H2,(H,25,29)(H,26,30). The van der Waals surface area contributed by atoms with Crippen LogP contribution in [0.5, 0.6) is 0 Å². The third kappa shape index (κ3) is 4.22. The molecule has 2 aromatic carbocycles. The summed E-state index contributed by atoms with van der Waals surface area (Å²) in [6.45, 7) is 0. The van der Waals surface area contributed by atoms with Gasteiger partial charge in [-0.2, -0.15) is 5.10 Å². The van der Waals surface area contributed by atoms with E-state index in [0.29, 0.717) is 17.7 Å². The quantitative estimate of drug-likeness (QED) is 0.650. The Morgan fingerprint density at radius 1 is 0.900 bits per heavy atom. The molecule has 1 aliphatic carbocycles. The molecule has 0 fully saturated rings. The van der Waals surface area contributed by atoms with E-state index in [2.05, 4.69) is 16.0 Å². The predicted molar refractivity (Wildman–Crippen MR) is 106 cm³/mol. The summed E-state index contributed by atoms with van der Waals surface area (Å²) < 4.78 is 27.9. The van der Waals surface area contributed by atoms with Crippen molar-refractivity contribution in [2.75, 3.05) is 0 Å². The van der Waals surface area contributed by atoms with E-state index in [0.717, 1.165) is 30.5 Å². The third-order valence-corrected chi connectivity index (χ3v) is 5.06. The Bertz CT molecular complexity index is 1080. The lowest BCUT2D eigenvalue weighted by atomic mass is 9.95. The molecule has 0 unspecified atom stereocenters. The van der Waals surface area contributed by atoms with E-state index in [1.54, 1.807) is 16.8 Å². The summed E-state index contributed by atoms with van der Waals surface area (Å²) in [6, 6.07) is 11.5. The zero-order valence-electron chi connectivity index (χ0n) is 16.1. The Labute approximate surface area is 171 Å². The molecular weight excluding hydrogens is 390 g/mol. The molecule has 0 saturated heterocycles. The van der Waals surface area contributed by atoms with Crippen LogP contribution in [0.4, 0.5) is 8.78 Å². The van der Waals surface area contributed by atoms with E-state index < -0.39 is 11.8 Å². The van der Waals surface area contributed by atoms with Crippen LogP contribution in [-0.2, 0) is 24.1 Å². The summed E-state index contributed by atoms with van der Waals surface area (Å²) in [7, 11) is 0. The number of carbonyl (C=O) groups is 2. The fourth-order valence-corrected chi connectivity index (χ4v) is 3.59. The number of carbonyl (C=O) groups excluding carboxylic acids is 2. The molecule has 30 heavy (non-hydrogen) atoms. The van der Waals surface area contributed by atoms with Gasteiger partial charge < -0.3 is 0 Å². The van der Waals surface area contributed by atoms with E-state index in [1.165, 1.54) is 36.4 Å². The van der Waals surface area contributed by atoms with Crippen molar-refractivity contribution in [3.8, 4) is 5.69 Å². The first kappa shape index (κ1) is 19.8. The second kappa shape index (κ2) is 8.44. The lowest BCUT2D eigenvalue weighted by molar-refractivity contribution is -0.121. The Morgan fingerprint density at radius 2 is 1.53 bits per heavy atom. The second-order valence-electron chi connectivity index (χ2n) is 7.17. The van der Waals surface area contributed by atoms with Gasteiger partial charge in [0.1, 0.15) is 11.6 Å². The molecule has 0 aliphatic heterocycles. The van der Waals surface area contributed by atoms with E-state index in [4.69, 9.17) is 0 Å². The molecule has 154 valence electrons. The van der Waals surface area contributed by atoms with Gasteiger partial charge in [0.2, 0.25) is 5.91 Å². The van der Waals surface area contributed by atoms with Crippen molar-refractivity contribution < 1.29 is 18.4 Å². The summed E-state index contributed by atoms with van der Waals surface area (Å²) in [4.78, 5) is 24.8. The molecule has 4 rings (SSSR count). The maximum absolute atomic E-state index is 13.3. The van der Waals surface area contributed by atoms with Crippen LogP contribution in [0, 0.1) is 11.6 Å². The molecule has 8 heteroatoms. The van der Waals surface area contributed by atoms with Gasteiger partial charge in [0.25, 0.3) is 5.91 Å². The summed E-state index contributed by atoms with van der Waals surface area (Å²) >= 11 is 0. The number of hydrogen-bond acceptors (Lipinski definition) is 3. The lowest BCUT2D eigenvalue weighted by Crippen LogP contribution is -2.42. The summed E-state index contributed by atoms with van der Waals surface area (Å²) in [5.74, 6) is -1.67. The normalized spacial score (nSPS) is 12.9. The summed E-state index contributed by atoms with van der Waals surface area (Å²) in [5, 5.41) is 4.45. The maximum Gasteiger partial charge on any atom is 0.290 e. The van der Waals surface area contributed by atoms with Gasteiger partial charge in [-0.05, 0) is 67.6 Å². The highest BCUT2D eigenvalue weighted by Crippen LogP contribution is 2.27. The molecule has 0 bridgehead atoms. The molecule has 0 saturated carbocycles. The van der Waals surface area contributed by atoms with Crippen molar-refractivity contribution in [2.45, 2.75) is 32.1 Å². The molecule has 1 aromatic heterocycles. The van der Waals surface area contributed by atoms with Gasteiger partial charge in [-0.15, -0.1) is 0 Å². The van der Waals surface area contributed by atoms with Gasteiger partial charge in [0.15, 0.2) is 5.69 Å². The van der Waals surface area contributed by atoms with Gasteiger partial charge in [0, 0.05) is 11.3 Å². The molecule has 0 atom stereocenters. The molecule has 2 N–H and O–H groups in total. The number of hydrogen-bond donors (Lipinski definition) is 2. The number of nitrogens with one attached hydrogen (secondary N) is 2. The van der Waals surface area contributed by atoms with Crippen LogP contribution in [0.15, 0.2) is 48.5 Å². The number of fused-ring (bicyclic) bond motifs is 1. The van der Waals surface area contributed by atoms with Gasteiger partial charge in [0.05, 0.1) is 12.1 Å². The number of amides is 2. The van der Waals surface area contributed by atoms with E-state index in [-0.39, 0.29) is 23.7 Å². The van der Waals surface area contributed by atoms with Crippen molar-refractivity contribution in [1.29, 1.82) is 0 Å². The number of nitrogens with zero attached hydrogens (tertiary/aromatic N) is 2. The van der Waals surface area contributed by atoms with Gasteiger partial charge in [-0.25, -0.2) is 13.5 Å². The Balaban J connectivity index is 1.49. The van der Waals surface area contributed by atoms with Crippen LogP contribution in [0.25, 0.3) is 5.69 Å². The molecule has 2 amide bonds. The number of hydrazine groups is 1. The highest BCUT2D eigenvalue weighted by Gasteiger charge is 2.25. The Kier molecular flexibility index (Phi) is 5.56. The number of rotatable bonds is 4. The molecule has 3 aromatic rings. The van der Waals surface area contributed by atoms with Gasteiger partial charge in [-0.1, -0.05) is 12.1 Å². The highest BCUT2D eigenvalue weighted by atomic mass is 19.1. The van der Waals surface area contributed by atoms with Gasteiger partial charge >= 0.3 is 0 Å². The summed E-state index contributed by atoms with van der Waals surface area (Å²) in [5.41, 5.74) is 8.10. The zero-order chi connectivity index (χ0) is 21.1. The smallest absolute Gasteiger partial charge is 0.273 e. The van der Waals surface area contributed by atoms with Crippen molar-refractivity contribution in [2.24, 2.45) is 0 Å². The van der Waals surface area contributed by atoms with E-state index in [1.807, 2.05) is 0 Å². The first-order valence-corrected chi connectivity index (χ1v) is 9.71. The third-order valence-electron chi connectivity index (χ3n) is 5.06. The van der Waals surface area contributed by atoms with Crippen molar-refractivity contribution in [3.63, 3.8) is 0 Å². The van der Waals surface area contributed by atoms with Crippen molar-refractivity contribution in [1.82, 2.24) is 20.6 Å². The minimum absolute atomic E-state index is 0.00267. The second-order valence-corrected chi connectivity index (χ2v) is 7.17. The molecule has 0 spiro atoms. The van der Waals surface area contributed by atoms with Crippen LogP contribution in [0.3, 0.4) is 0 Å².